The van der Waals surface area contributed by atoms with Crippen molar-refractivity contribution in [1.82, 2.24) is 15.0 Å². The quantitative estimate of drug-likeness (QED) is 0.270. The molecule has 3 aromatic heterocycles. The monoisotopic (exact) mass is 457 g/mol. The maximum absolute atomic E-state index is 6.11. The van der Waals surface area contributed by atoms with Crippen molar-refractivity contribution in [2.75, 3.05) is 11.1 Å². The molecule has 0 unspecified atom stereocenters. The van der Waals surface area contributed by atoms with Crippen molar-refractivity contribution < 1.29 is 0 Å². The number of nitrogen functional groups attached to an aromatic ring is 1. The topological polar surface area (TPSA) is 79.6 Å². The molecule has 4 N–H and O–H groups in total. The molecular weight excluding hydrogens is 430 g/mol. The second-order valence-electron chi connectivity index (χ2n) is 9.23. The summed E-state index contributed by atoms with van der Waals surface area (Å²) >= 11 is 0. The van der Waals surface area contributed by atoms with E-state index in [1.807, 2.05) is 12.3 Å². The third-order valence-electron chi connectivity index (χ3n) is 7.01. The number of benzene rings is 3. The standard InChI is InChI=1S/C30H27N5/c1-18-11-27-25(9-10-32-29(27)31)19(2)28(18)17-33-24-14-26-23(15-34-30(26)35-16-24)13-20-7-8-21-5-3-4-6-22(21)12-20/h3-12,14-16,33H,13,17H2,1-2H3,(H2,31,32)(H,34,35). The van der Waals surface area contributed by atoms with E-state index in [0.29, 0.717) is 12.4 Å². The number of nitrogens with zero attached hydrogens (tertiary/aromatic N) is 2. The summed E-state index contributed by atoms with van der Waals surface area (Å²) < 4.78 is 0. The van der Waals surface area contributed by atoms with Gasteiger partial charge in [-0.1, -0.05) is 42.5 Å². The van der Waals surface area contributed by atoms with Gasteiger partial charge in [-0.3, -0.25) is 0 Å². The number of fused-ring (bicyclic) bond motifs is 3. The fourth-order valence-electron chi connectivity index (χ4n) is 5.06. The number of rotatable bonds is 5. The van der Waals surface area contributed by atoms with E-state index in [-0.39, 0.29) is 0 Å². The van der Waals surface area contributed by atoms with Crippen LogP contribution in [-0.4, -0.2) is 15.0 Å². The molecule has 5 heteroatoms. The Morgan fingerprint density at radius 2 is 1.74 bits per heavy atom. The third-order valence-corrected chi connectivity index (χ3v) is 7.01. The molecule has 172 valence electrons. The minimum atomic E-state index is 0.578. The summed E-state index contributed by atoms with van der Waals surface area (Å²) in [5, 5.41) is 9.44. The Kier molecular flexibility index (Phi) is 5.10. The second-order valence-corrected chi connectivity index (χ2v) is 9.23. The maximum atomic E-state index is 6.11. The van der Waals surface area contributed by atoms with Crippen LogP contribution in [0.25, 0.3) is 32.6 Å². The van der Waals surface area contributed by atoms with Crippen LogP contribution in [0.15, 0.2) is 79.3 Å². The molecule has 6 rings (SSSR count). The highest BCUT2D eigenvalue weighted by Crippen LogP contribution is 2.29. The van der Waals surface area contributed by atoms with Crippen LogP contribution in [0.5, 0.6) is 0 Å². The Bertz CT molecular complexity index is 1710. The van der Waals surface area contributed by atoms with Crippen LogP contribution >= 0.6 is 0 Å². The van der Waals surface area contributed by atoms with E-state index >= 15 is 0 Å². The van der Waals surface area contributed by atoms with Crippen LogP contribution in [0.2, 0.25) is 0 Å². The lowest BCUT2D eigenvalue weighted by atomic mass is 9.96. The van der Waals surface area contributed by atoms with Gasteiger partial charge in [-0.05, 0) is 82.4 Å². The second kappa shape index (κ2) is 8.44. The molecule has 0 spiro atoms. The molecule has 0 amide bonds. The highest BCUT2D eigenvalue weighted by atomic mass is 14.9. The first kappa shape index (κ1) is 21.2. The summed E-state index contributed by atoms with van der Waals surface area (Å²) in [6.45, 7) is 5.00. The van der Waals surface area contributed by atoms with Crippen LogP contribution < -0.4 is 11.1 Å². The zero-order valence-electron chi connectivity index (χ0n) is 19.9. The highest BCUT2D eigenvalue weighted by Gasteiger charge is 2.12. The van der Waals surface area contributed by atoms with Gasteiger partial charge in [-0.25, -0.2) is 9.97 Å². The summed E-state index contributed by atoms with van der Waals surface area (Å²) in [6, 6.07) is 21.5. The Morgan fingerprint density at radius 3 is 2.63 bits per heavy atom. The minimum absolute atomic E-state index is 0.578. The molecule has 0 aliphatic heterocycles. The predicted molar refractivity (Wildman–Crippen MR) is 146 cm³/mol. The van der Waals surface area contributed by atoms with Crippen LogP contribution in [-0.2, 0) is 13.0 Å². The Labute approximate surface area is 204 Å². The normalized spacial score (nSPS) is 11.5. The van der Waals surface area contributed by atoms with Crippen LogP contribution in [0.3, 0.4) is 0 Å². The third kappa shape index (κ3) is 3.85. The summed E-state index contributed by atoms with van der Waals surface area (Å²) in [5.41, 5.74) is 14.3. The molecular formula is C30H27N5. The number of hydrogen-bond acceptors (Lipinski definition) is 4. The van der Waals surface area contributed by atoms with Crippen molar-refractivity contribution in [3.05, 3.63) is 107 Å². The van der Waals surface area contributed by atoms with E-state index in [2.05, 4.69) is 94.9 Å². The first-order chi connectivity index (χ1) is 17.1. The van der Waals surface area contributed by atoms with Crippen LogP contribution in [0.1, 0.15) is 27.8 Å². The fraction of sp³-hybridized carbons (Fsp3) is 0.133. The molecule has 3 aromatic carbocycles. The van der Waals surface area contributed by atoms with Gasteiger partial charge in [0.05, 0.1) is 11.9 Å². The molecule has 0 fully saturated rings. The van der Waals surface area contributed by atoms with Gasteiger partial charge >= 0.3 is 0 Å². The molecule has 0 radical (unpaired) electrons. The number of aromatic nitrogens is 3. The number of nitrogens with one attached hydrogen (secondary N) is 2. The molecule has 3 heterocycles. The van der Waals surface area contributed by atoms with Gasteiger partial charge < -0.3 is 16.0 Å². The number of anilines is 2. The van der Waals surface area contributed by atoms with E-state index in [9.17, 15) is 0 Å². The lowest BCUT2D eigenvalue weighted by Gasteiger charge is -2.15. The van der Waals surface area contributed by atoms with Crippen molar-refractivity contribution in [2.45, 2.75) is 26.8 Å². The molecule has 0 aliphatic carbocycles. The van der Waals surface area contributed by atoms with E-state index in [1.165, 1.54) is 38.6 Å². The number of H-pyrrole nitrogens is 1. The Balaban J connectivity index is 1.28. The summed E-state index contributed by atoms with van der Waals surface area (Å²) in [7, 11) is 0. The van der Waals surface area contributed by atoms with Gasteiger partial charge in [0.2, 0.25) is 0 Å². The summed E-state index contributed by atoms with van der Waals surface area (Å²) in [5.74, 6) is 0.578. The van der Waals surface area contributed by atoms with Crippen molar-refractivity contribution in [3.63, 3.8) is 0 Å². The van der Waals surface area contributed by atoms with Crippen LogP contribution in [0, 0.1) is 13.8 Å². The maximum Gasteiger partial charge on any atom is 0.137 e. The minimum Gasteiger partial charge on any atom is -0.383 e. The van der Waals surface area contributed by atoms with E-state index in [1.54, 1.807) is 6.20 Å². The zero-order chi connectivity index (χ0) is 23.9. The fourth-order valence-corrected chi connectivity index (χ4v) is 5.06. The molecule has 0 aliphatic rings. The number of aromatic amines is 1. The van der Waals surface area contributed by atoms with Gasteiger partial charge in [0.1, 0.15) is 11.5 Å². The molecule has 0 saturated carbocycles. The molecule has 5 nitrogen and oxygen atoms in total. The zero-order valence-corrected chi connectivity index (χ0v) is 19.9. The predicted octanol–water partition coefficient (Wildman–Crippen LogP) is 6.67. The van der Waals surface area contributed by atoms with Crippen molar-refractivity contribution >= 4 is 44.1 Å². The number of hydrogen-bond donors (Lipinski definition) is 3. The average molecular weight is 458 g/mol. The lowest BCUT2D eigenvalue weighted by Crippen LogP contribution is -2.05. The SMILES string of the molecule is Cc1cc2c(N)nccc2c(C)c1CNc1cnc2[nH]cc(Cc3ccc4ccccc4c3)c2c1. The van der Waals surface area contributed by atoms with Gasteiger partial charge in [-0.15, -0.1) is 0 Å². The first-order valence-electron chi connectivity index (χ1n) is 11.9. The molecule has 0 atom stereocenters. The van der Waals surface area contributed by atoms with E-state index < -0.39 is 0 Å². The Morgan fingerprint density at radius 1 is 0.886 bits per heavy atom. The number of pyridine rings is 2. The molecule has 0 bridgehead atoms. The summed E-state index contributed by atoms with van der Waals surface area (Å²) in [6.07, 6.45) is 6.60. The van der Waals surface area contributed by atoms with Gasteiger partial charge in [0.15, 0.2) is 0 Å². The van der Waals surface area contributed by atoms with Crippen molar-refractivity contribution in [2.24, 2.45) is 0 Å². The molecule has 0 saturated heterocycles. The van der Waals surface area contributed by atoms with Crippen molar-refractivity contribution in [1.29, 1.82) is 0 Å². The lowest BCUT2D eigenvalue weighted by molar-refractivity contribution is 1.09. The van der Waals surface area contributed by atoms with Crippen LogP contribution in [0.4, 0.5) is 11.5 Å². The van der Waals surface area contributed by atoms with E-state index in [4.69, 9.17) is 5.73 Å². The molecule has 6 aromatic rings. The smallest absolute Gasteiger partial charge is 0.137 e. The van der Waals surface area contributed by atoms with Gasteiger partial charge in [-0.2, -0.15) is 0 Å². The first-order valence-corrected chi connectivity index (χ1v) is 11.9. The van der Waals surface area contributed by atoms with Crippen molar-refractivity contribution in [3.8, 4) is 0 Å². The van der Waals surface area contributed by atoms with E-state index in [0.717, 1.165) is 33.9 Å². The Hall–Kier alpha value is -4.38. The van der Waals surface area contributed by atoms with Gasteiger partial charge in [0.25, 0.3) is 0 Å². The largest absolute Gasteiger partial charge is 0.383 e. The highest BCUT2D eigenvalue weighted by molar-refractivity contribution is 5.94. The molecule has 35 heavy (non-hydrogen) atoms. The number of nitrogens with two attached hydrogens (primary N) is 1. The number of aryl methyl sites for hydroxylation is 2. The van der Waals surface area contributed by atoms with Gasteiger partial charge in [0, 0.05) is 29.7 Å². The summed E-state index contributed by atoms with van der Waals surface area (Å²) in [4.78, 5) is 12.2. The average Bonchev–Trinajstić information content (AvgIpc) is 3.26.